The van der Waals surface area contributed by atoms with Crippen LogP contribution in [0.15, 0.2) is 27.1 Å². The summed E-state index contributed by atoms with van der Waals surface area (Å²) in [5, 5.41) is 10.9. The first-order valence-electron chi connectivity index (χ1n) is 4.83. The molecule has 0 spiro atoms. The van der Waals surface area contributed by atoms with Gasteiger partial charge in [0, 0.05) is 0 Å². The molecule has 19 heavy (non-hydrogen) atoms. The van der Waals surface area contributed by atoms with Crippen molar-refractivity contribution in [2.75, 3.05) is 0 Å². The highest BCUT2D eigenvalue weighted by atomic mass is 79.9. The average Bonchev–Trinajstić information content (AvgIpc) is 2.83. The highest BCUT2D eigenvalue weighted by Gasteiger charge is 2.27. The molecular formula is C11H4BrF2NO4. The fourth-order valence-corrected chi connectivity index (χ4v) is 2.10. The topological polar surface area (TPSA) is 73.3 Å². The Balaban J connectivity index is 2.76. The van der Waals surface area contributed by atoms with Crippen LogP contribution in [0.1, 0.15) is 10.6 Å². The molecule has 0 fully saturated rings. The largest absolute Gasteiger partial charge is 0.453 e. The second kappa shape index (κ2) is 4.88. The lowest BCUT2D eigenvalue weighted by Crippen LogP contribution is -1.97. The summed E-state index contributed by atoms with van der Waals surface area (Å²) in [7, 11) is 0. The third-order valence-corrected chi connectivity index (χ3v) is 3.07. The quantitative estimate of drug-likeness (QED) is 0.372. The molecule has 0 aliphatic heterocycles. The molecule has 0 amide bonds. The van der Waals surface area contributed by atoms with Gasteiger partial charge in [-0.3, -0.25) is 14.9 Å². The molecule has 0 radical (unpaired) electrons. The molecule has 0 N–H and O–H groups in total. The van der Waals surface area contributed by atoms with Crippen molar-refractivity contribution >= 4 is 27.9 Å². The fraction of sp³-hybridized carbons (Fsp3) is 0. The molecule has 5 nitrogen and oxygen atoms in total. The van der Waals surface area contributed by atoms with E-state index in [0.717, 1.165) is 0 Å². The highest BCUT2D eigenvalue weighted by Crippen LogP contribution is 2.39. The van der Waals surface area contributed by atoms with Gasteiger partial charge in [0.2, 0.25) is 0 Å². The number of carbonyl (C=O) groups excluding carboxylic acids is 1. The van der Waals surface area contributed by atoms with E-state index in [1.54, 1.807) is 0 Å². The van der Waals surface area contributed by atoms with Gasteiger partial charge in [-0.1, -0.05) is 0 Å². The molecule has 2 aromatic rings. The van der Waals surface area contributed by atoms with Crippen LogP contribution in [0.2, 0.25) is 0 Å². The lowest BCUT2D eigenvalue weighted by molar-refractivity contribution is -0.384. The van der Waals surface area contributed by atoms with Crippen LogP contribution in [-0.4, -0.2) is 11.2 Å². The first kappa shape index (κ1) is 13.3. The number of nitro benzene ring substituents is 1. The summed E-state index contributed by atoms with van der Waals surface area (Å²) in [6, 6.07) is 2.98. The van der Waals surface area contributed by atoms with Crippen molar-refractivity contribution in [2.24, 2.45) is 0 Å². The van der Waals surface area contributed by atoms with Gasteiger partial charge in [-0.05, 0) is 28.1 Å². The van der Waals surface area contributed by atoms with E-state index >= 15 is 0 Å². The van der Waals surface area contributed by atoms with Gasteiger partial charge in [0.25, 0.3) is 5.69 Å². The van der Waals surface area contributed by atoms with E-state index in [-0.39, 0.29) is 17.1 Å². The average molecular weight is 332 g/mol. The van der Waals surface area contributed by atoms with Crippen molar-refractivity contribution < 1.29 is 22.9 Å². The Morgan fingerprint density at radius 3 is 2.58 bits per heavy atom. The standard InChI is InChI=1S/C11H4BrF2NO4/c12-10-9(8-2-1-5(4-16)19-8)7(15(17)18)3-6(13)11(10)14/h1-4H. The molecule has 0 saturated heterocycles. The van der Waals surface area contributed by atoms with Crippen molar-refractivity contribution in [1.82, 2.24) is 0 Å². The van der Waals surface area contributed by atoms with Crippen LogP contribution in [-0.2, 0) is 0 Å². The van der Waals surface area contributed by atoms with E-state index in [1.165, 1.54) is 12.1 Å². The Labute approximate surface area is 113 Å². The predicted molar refractivity (Wildman–Crippen MR) is 63.8 cm³/mol. The van der Waals surface area contributed by atoms with Gasteiger partial charge in [-0.2, -0.15) is 0 Å². The molecule has 2 rings (SSSR count). The summed E-state index contributed by atoms with van der Waals surface area (Å²) >= 11 is 2.75. The molecule has 1 aromatic carbocycles. The molecule has 0 saturated carbocycles. The Kier molecular flexibility index (Phi) is 3.43. The number of halogens is 3. The van der Waals surface area contributed by atoms with Gasteiger partial charge in [-0.25, -0.2) is 8.78 Å². The molecule has 98 valence electrons. The molecule has 0 aliphatic carbocycles. The summed E-state index contributed by atoms with van der Waals surface area (Å²) in [6.45, 7) is 0. The Bertz CT molecular complexity index is 684. The van der Waals surface area contributed by atoms with E-state index < -0.39 is 26.7 Å². The first-order valence-corrected chi connectivity index (χ1v) is 5.62. The summed E-state index contributed by atoms with van der Waals surface area (Å²) in [4.78, 5) is 20.5. The van der Waals surface area contributed by atoms with Crippen LogP contribution in [0.3, 0.4) is 0 Å². The van der Waals surface area contributed by atoms with E-state index in [2.05, 4.69) is 15.9 Å². The zero-order valence-electron chi connectivity index (χ0n) is 9.02. The summed E-state index contributed by atoms with van der Waals surface area (Å²) in [5.41, 5.74) is -0.936. The smallest absolute Gasteiger partial charge is 0.284 e. The lowest BCUT2D eigenvalue weighted by Gasteiger charge is -2.05. The fourth-order valence-electron chi connectivity index (χ4n) is 1.51. The van der Waals surface area contributed by atoms with Gasteiger partial charge in [0.15, 0.2) is 23.7 Å². The number of aldehydes is 1. The van der Waals surface area contributed by atoms with Crippen molar-refractivity contribution in [2.45, 2.75) is 0 Å². The minimum Gasteiger partial charge on any atom is -0.453 e. The van der Waals surface area contributed by atoms with Crippen molar-refractivity contribution in [3.8, 4) is 11.3 Å². The SMILES string of the molecule is O=Cc1ccc(-c2c([N+](=O)[O-])cc(F)c(F)c2Br)o1. The summed E-state index contributed by atoms with van der Waals surface area (Å²) < 4.78 is 31.2. The molecule has 0 bridgehead atoms. The van der Waals surface area contributed by atoms with Crippen molar-refractivity contribution in [3.05, 3.63) is 50.2 Å². The highest BCUT2D eigenvalue weighted by molar-refractivity contribution is 9.10. The maximum atomic E-state index is 13.5. The Morgan fingerprint density at radius 2 is 2.05 bits per heavy atom. The summed E-state index contributed by atoms with van der Waals surface area (Å²) in [5.74, 6) is -2.82. The minimum atomic E-state index is -1.36. The van der Waals surface area contributed by atoms with Gasteiger partial charge >= 0.3 is 0 Å². The number of rotatable bonds is 3. The number of hydrogen-bond donors (Lipinski definition) is 0. The number of hydrogen-bond acceptors (Lipinski definition) is 4. The zero-order valence-corrected chi connectivity index (χ0v) is 10.6. The Hall–Kier alpha value is -2.09. The number of furan rings is 1. The van der Waals surface area contributed by atoms with Crippen molar-refractivity contribution in [1.29, 1.82) is 0 Å². The van der Waals surface area contributed by atoms with Gasteiger partial charge in [0.05, 0.1) is 15.5 Å². The predicted octanol–water partition coefficient (Wildman–Crippen LogP) is 3.71. The molecule has 1 heterocycles. The van der Waals surface area contributed by atoms with Gasteiger partial charge < -0.3 is 4.42 Å². The van der Waals surface area contributed by atoms with Crippen molar-refractivity contribution in [3.63, 3.8) is 0 Å². The Morgan fingerprint density at radius 1 is 1.37 bits per heavy atom. The number of benzene rings is 1. The number of carbonyl (C=O) groups is 1. The third-order valence-electron chi connectivity index (χ3n) is 2.33. The lowest BCUT2D eigenvalue weighted by atomic mass is 10.1. The van der Waals surface area contributed by atoms with E-state index in [9.17, 15) is 23.7 Å². The molecule has 0 unspecified atom stereocenters. The minimum absolute atomic E-state index is 0.0825. The maximum Gasteiger partial charge on any atom is 0.284 e. The van der Waals surface area contributed by atoms with Crippen LogP contribution in [0.5, 0.6) is 0 Å². The molecule has 0 aliphatic rings. The first-order chi connectivity index (χ1) is 8.95. The number of nitrogens with zero attached hydrogens (tertiary/aromatic N) is 1. The monoisotopic (exact) mass is 331 g/mol. The van der Waals surface area contributed by atoms with E-state index in [0.29, 0.717) is 12.4 Å². The summed E-state index contributed by atoms with van der Waals surface area (Å²) in [6.07, 6.45) is 0.392. The zero-order chi connectivity index (χ0) is 14.2. The maximum absolute atomic E-state index is 13.5. The normalized spacial score (nSPS) is 10.5. The van der Waals surface area contributed by atoms with Crippen LogP contribution in [0.4, 0.5) is 14.5 Å². The molecule has 0 atom stereocenters. The van der Waals surface area contributed by atoms with Crippen LogP contribution in [0, 0.1) is 21.7 Å². The van der Waals surface area contributed by atoms with E-state index in [4.69, 9.17) is 4.42 Å². The molecule has 8 heteroatoms. The molecular weight excluding hydrogens is 328 g/mol. The van der Waals surface area contributed by atoms with Gasteiger partial charge in [-0.15, -0.1) is 0 Å². The van der Waals surface area contributed by atoms with Crippen LogP contribution >= 0.6 is 15.9 Å². The van der Waals surface area contributed by atoms with Crippen LogP contribution in [0.25, 0.3) is 11.3 Å². The number of nitro groups is 1. The molecule has 1 aromatic heterocycles. The van der Waals surface area contributed by atoms with E-state index in [1.807, 2.05) is 0 Å². The third kappa shape index (κ3) is 2.26. The van der Waals surface area contributed by atoms with Crippen LogP contribution < -0.4 is 0 Å². The van der Waals surface area contributed by atoms with Gasteiger partial charge in [0.1, 0.15) is 11.3 Å². The second-order valence-electron chi connectivity index (χ2n) is 3.46. The second-order valence-corrected chi connectivity index (χ2v) is 4.25.